The van der Waals surface area contributed by atoms with Crippen molar-refractivity contribution in [1.82, 2.24) is 0 Å². The van der Waals surface area contributed by atoms with Crippen LogP contribution < -0.4 is 5.32 Å². The highest BCUT2D eigenvalue weighted by atomic mass is 32.2. The second-order valence-electron chi connectivity index (χ2n) is 7.80. The molecular weight excluding hydrogens is 290 g/mol. The molecule has 22 heavy (non-hydrogen) atoms. The molecule has 1 aromatic carbocycles. The fraction of sp³-hybridized carbons (Fsp3) is 0.632. The van der Waals surface area contributed by atoms with E-state index in [2.05, 4.69) is 12.2 Å². The van der Waals surface area contributed by atoms with E-state index in [1.165, 1.54) is 44.1 Å². The van der Waals surface area contributed by atoms with Gasteiger partial charge < -0.3 is 5.32 Å². The molecule has 2 nitrogen and oxygen atoms in total. The number of thioether (sulfide) groups is 1. The maximum Gasteiger partial charge on any atom is 0.234 e. The van der Waals surface area contributed by atoms with Crippen molar-refractivity contribution < 1.29 is 4.79 Å². The summed E-state index contributed by atoms with van der Waals surface area (Å²) in [5.41, 5.74) is 2.14. The van der Waals surface area contributed by atoms with Gasteiger partial charge in [0.1, 0.15) is 0 Å². The van der Waals surface area contributed by atoms with Crippen molar-refractivity contribution in [3.05, 3.63) is 29.8 Å². The lowest BCUT2D eigenvalue weighted by Crippen LogP contribution is -2.49. The molecule has 1 amide bonds. The Morgan fingerprint density at radius 3 is 2.18 bits per heavy atom. The monoisotopic (exact) mass is 315 g/mol. The van der Waals surface area contributed by atoms with Gasteiger partial charge in [0.25, 0.3) is 0 Å². The Bertz CT molecular complexity index is 530. The molecule has 5 rings (SSSR count). The minimum absolute atomic E-state index is 0.157. The number of carbonyl (C=O) groups excluding carboxylic acids is 1. The van der Waals surface area contributed by atoms with E-state index in [9.17, 15) is 4.79 Å². The van der Waals surface area contributed by atoms with Crippen molar-refractivity contribution in [2.24, 2.45) is 17.8 Å². The van der Waals surface area contributed by atoms with Crippen molar-refractivity contribution in [3.63, 3.8) is 0 Å². The smallest absolute Gasteiger partial charge is 0.234 e. The fourth-order valence-electron chi connectivity index (χ4n) is 5.26. The van der Waals surface area contributed by atoms with Gasteiger partial charge in [-0.15, -0.1) is 11.8 Å². The number of hydrogen-bond donors (Lipinski definition) is 1. The first kappa shape index (κ1) is 14.6. The van der Waals surface area contributed by atoms with E-state index >= 15 is 0 Å². The van der Waals surface area contributed by atoms with Crippen molar-refractivity contribution in [1.29, 1.82) is 0 Å². The van der Waals surface area contributed by atoms with Gasteiger partial charge in [-0.05, 0) is 75.3 Å². The summed E-state index contributed by atoms with van der Waals surface area (Å²) in [5, 5.41) is 3.04. The summed E-state index contributed by atoms with van der Waals surface area (Å²) in [6.45, 7) is 2.06. The van der Waals surface area contributed by atoms with Gasteiger partial charge in [-0.25, -0.2) is 0 Å². The molecule has 4 fully saturated rings. The molecule has 0 saturated heterocycles. The predicted molar refractivity (Wildman–Crippen MR) is 93.2 cm³/mol. The molecule has 4 bridgehead atoms. The lowest BCUT2D eigenvalue weighted by atomic mass is 9.56. The number of anilines is 1. The molecular formula is C19H25NOS. The molecule has 0 aliphatic heterocycles. The van der Waals surface area contributed by atoms with Crippen LogP contribution in [-0.2, 0) is 4.79 Å². The van der Waals surface area contributed by atoms with Crippen molar-refractivity contribution in [2.45, 2.75) is 50.2 Å². The van der Waals surface area contributed by atoms with Crippen molar-refractivity contribution in [2.75, 3.05) is 11.1 Å². The zero-order chi connectivity index (χ0) is 15.2. The summed E-state index contributed by atoms with van der Waals surface area (Å²) >= 11 is 1.95. The molecule has 3 heteroatoms. The van der Waals surface area contributed by atoms with Crippen molar-refractivity contribution >= 4 is 23.4 Å². The number of rotatable bonds is 4. The van der Waals surface area contributed by atoms with Crippen LogP contribution in [0.1, 0.15) is 44.1 Å². The first-order valence-electron chi connectivity index (χ1n) is 8.61. The average molecular weight is 315 g/mol. The predicted octanol–water partition coefficient (Wildman–Crippen LogP) is 4.64. The quantitative estimate of drug-likeness (QED) is 0.877. The molecule has 0 atom stereocenters. The Kier molecular flexibility index (Phi) is 3.72. The number of hydrogen-bond acceptors (Lipinski definition) is 2. The largest absolute Gasteiger partial charge is 0.325 e. The third kappa shape index (κ3) is 2.92. The number of carbonyl (C=O) groups is 1. The van der Waals surface area contributed by atoms with Crippen LogP contribution in [0, 0.1) is 24.7 Å². The summed E-state index contributed by atoms with van der Waals surface area (Å²) < 4.78 is 0.430. The topological polar surface area (TPSA) is 29.1 Å². The normalized spacial score (nSPS) is 35.6. The van der Waals surface area contributed by atoms with Crippen LogP contribution in [0.15, 0.2) is 24.3 Å². The molecule has 0 heterocycles. The van der Waals surface area contributed by atoms with Crippen LogP contribution in [0.25, 0.3) is 0 Å². The van der Waals surface area contributed by atoms with Crippen LogP contribution >= 0.6 is 11.8 Å². The summed E-state index contributed by atoms with van der Waals surface area (Å²) in [4.78, 5) is 12.3. The summed E-state index contributed by atoms with van der Waals surface area (Å²) in [6.07, 6.45) is 8.49. The van der Waals surface area contributed by atoms with E-state index < -0.39 is 0 Å². The summed E-state index contributed by atoms with van der Waals surface area (Å²) in [6, 6.07) is 8.06. The van der Waals surface area contributed by atoms with Crippen LogP contribution in [0.4, 0.5) is 5.69 Å². The second-order valence-corrected chi connectivity index (χ2v) is 9.25. The van der Waals surface area contributed by atoms with Crippen molar-refractivity contribution in [3.8, 4) is 0 Å². The maximum atomic E-state index is 12.3. The zero-order valence-electron chi connectivity index (χ0n) is 13.3. The standard InChI is InChI=1S/C19H25NOS/c1-13-2-4-17(5-3-13)20-18(21)12-22-19-9-14-6-15(10-19)8-16(7-14)11-19/h2-5,14-16H,6-12H2,1H3,(H,20,21). The Morgan fingerprint density at radius 1 is 1.09 bits per heavy atom. The van der Waals surface area contributed by atoms with Crippen LogP contribution in [0.5, 0.6) is 0 Å². The Balaban J connectivity index is 1.34. The Morgan fingerprint density at radius 2 is 1.64 bits per heavy atom. The van der Waals surface area contributed by atoms with Crippen LogP contribution in [-0.4, -0.2) is 16.4 Å². The number of benzene rings is 1. The number of amides is 1. The minimum atomic E-state index is 0.157. The number of nitrogens with one attached hydrogen (secondary N) is 1. The molecule has 0 aromatic heterocycles. The molecule has 4 aliphatic carbocycles. The van der Waals surface area contributed by atoms with E-state index in [-0.39, 0.29) is 5.91 Å². The summed E-state index contributed by atoms with van der Waals surface area (Å²) in [7, 11) is 0. The van der Waals surface area contributed by atoms with E-state index in [1.54, 1.807) is 0 Å². The van der Waals surface area contributed by atoms with Gasteiger partial charge in [0.05, 0.1) is 5.75 Å². The molecule has 0 unspecified atom stereocenters. The third-order valence-electron chi connectivity index (χ3n) is 5.83. The number of aryl methyl sites for hydroxylation is 1. The van der Waals surface area contributed by atoms with Gasteiger partial charge in [0.2, 0.25) is 5.91 Å². The van der Waals surface area contributed by atoms with Gasteiger partial charge >= 0.3 is 0 Å². The highest BCUT2D eigenvalue weighted by Crippen LogP contribution is 2.60. The Labute approximate surface area is 137 Å². The molecule has 4 saturated carbocycles. The average Bonchev–Trinajstić information content (AvgIpc) is 2.46. The van der Waals surface area contributed by atoms with Gasteiger partial charge in [0, 0.05) is 10.4 Å². The molecule has 0 radical (unpaired) electrons. The van der Waals surface area contributed by atoms with Gasteiger partial charge in [-0.2, -0.15) is 0 Å². The highest BCUT2D eigenvalue weighted by molar-refractivity contribution is 8.01. The highest BCUT2D eigenvalue weighted by Gasteiger charge is 2.51. The third-order valence-corrected chi connectivity index (χ3v) is 7.35. The first-order chi connectivity index (χ1) is 10.6. The lowest BCUT2D eigenvalue weighted by molar-refractivity contribution is -0.113. The van der Waals surface area contributed by atoms with Gasteiger partial charge in [-0.1, -0.05) is 17.7 Å². The molecule has 1 aromatic rings. The molecule has 4 aliphatic rings. The molecule has 118 valence electrons. The van der Waals surface area contributed by atoms with Crippen LogP contribution in [0.2, 0.25) is 0 Å². The van der Waals surface area contributed by atoms with Gasteiger partial charge in [0.15, 0.2) is 0 Å². The Hall–Kier alpha value is -0.960. The SMILES string of the molecule is Cc1ccc(NC(=O)CSC23CC4CC(CC(C4)C2)C3)cc1. The maximum absolute atomic E-state index is 12.3. The molecule has 1 N–H and O–H groups in total. The van der Waals surface area contributed by atoms with E-state index in [0.717, 1.165) is 23.4 Å². The van der Waals surface area contributed by atoms with Crippen LogP contribution in [0.3, 0.4) is 0 Å². The summed E-state index contributed by atoms with van der Waals surface area (Å²) in [5.74, 6) is 3.64. The first-order valence-corrected chi connectivity index (χ1v) is 9.59. The van der Waals surface area contributed by atoms with E-state index in [1.807, 2.05) is 36.0 Å². The van der Waals surface area contributed by atoms with E-state index in [0.29, 0.717) is 10.5 Å². The minimum Gasteiger partial charge on any atom is -0.325 e. The van der Waals surface area contributed by atoms with E-state index in [4.69, 9.17) is 0 Å². The lowest BCUT2D eigenvalue weighted by Gasteiger charge is -2.56. The fourth-order valence-corrected chi connectivity index (χ4v) is 6.83. The molecule has 0 spiro atoms. The second kappa shape index (κ2) is 5.59. The van der Waals surface area contributed by atoms with Gasteiger partial charge in [-0.3, -0.25) is 4.79 Å². The zero-order valence-corrected chi connectivity index (χ0v) is 14.1.